The minimum absolute atomic E-state index is 0.159. The Hall–Kier alpha value is -2.76. The van der Waals surface area contributed by atoms with Crippen LogP contribution < -0.4 is 0 Å². The van der Waals surface area contributed by atoms with Gasteiger partial charge in [0.15, 0.2) is 11.6 Å². The maximum Gasteiger partial charge on any atom is 0.226 e. The van der Waals surface area contributed by atoms with Crippen LogP contribution in [0.3, 0.4) is 0 Å². The highest BCUT2D eigenvalue weighted by Crippen LogP contribution is 2.35. The van der Waals surface area contributed by atoms with Gasteiger partial charge in [0.2, 0.25) is 5.28 Å². The summed E-state index contributed by atoms with van der Waals surface area (Å²) >= 11 is 9.76. The normalized spacial score (nSPS) is 11.3. The predicted molar refractivity (Wildman–Crippen MR) is 111 cm³/mol. The van der Waals surface area contributed by atoms with Gasteiger partial charge in [-0.3, -0.25) is 0 Å². The molecule has 0 atom stereocenters. The number of hydrogen-bond acceptors (Lipinski definition) is 4. The lowest BCUT2D eigenvalue weighted by molar-refractivity contribution is 0.669. The molecule has 0 N–H and O–H groups in total. The second-order valence-electron chi connectivity index (χ2n) is 6.04. The molecule has 0 aliphatic heterocycles. The van der Waals surface area contributed by atoms with Gasteiger partial charge in [0, 0.05) is 26.4 Å². The predicted octanol–water partition coefficient (Wildman–Crippen LogP) is 6.52. The number of fused-ring (bicyclic) bond motifs is 3. The van der Waals surface area contributed by atoms with Crippen LogP contribution in [0.1, 0.15) is 0 Å². The van der Waals surface area contributed by atoms with Crippen molar-refractivity contribution in [1.82, 2.24) is 15.0 Å². The van der Waals surface area contributed by atoms with Crippen LogP contribution in [0.25, 0.3) is 44.7 Å². The van der Waals surface area contributed by atoms with Gasteiger partial charge in [0.1, 0.15) is 11.2 Å². The fourth-order valence-electron chi connectivity index (χ4n) is 3.12. The molecule has 5 rings (SSSR count). The summed E-state index contributed by atoms with van der Waals surface area (Å²) in [7, 11) is 0. The number of hydrogen-bond donors (Lipinski definition) is 0. The highest BCUT2D eigenvalue weighted by molar-refractivity contribution is 9.10. The van der Waals surface area contributed by atoms with E-state index in [4.69, 9.17) is 16.0 Å². The van der Waals surface area contributed by atoms with Crippen LogP contribution in [0.15, 0.2) is 75.6 Å². The van der Waals surface area contributed by atoms with Crippen molar-refractivity contribution in [3.05, 3.63) is 76.5 Å². The summed E-state index contributed by atoms with van der Waals surface area (Å²) in [5.41, 5.74) is 3.30. The fourth-order valence-corrected chi connectivity index (χ4v) is 3.84. The van der Waals surface area contributed by atoms with Gasteiger partial charge in [0.25, 0.3) is 0 Å². The first-order valence-electron chi connectivity index (χ1n) is 8.27. The Labute approximate surface area is 168 Å². The molecule has 0 unspecified atom stereocenters. The molecule has 27 heavy (non-hydrogen) atoms. The van der Waals surface area contributed by atoms with Gasteiger partial charge in [-0.05, 0) is 35.9 Å². The number of furan rings is 1. The summed E-state index contributed by atoms with van der Waals surface area (Å²) in [6.07, 6.45) is 0. The lowest BCUT2D eigenvalue weighted by Gasteiger charge is -2.05. The second kappa shape index (κ2) is 6.44. The number of benzene rings is 3. The molecule has 2 heterocycles. The van der Waals surface area contributed by atoms with E-state index in [2.05, 4.69) is 30.9 Å². The summed E-state index contributed by atoms with van der Waals surface area (Å²) in [6, 6.07) is 21.5. The minimum Gasteiger partial charge on any atom is -0.456 e. The molecular weight excluding hydrogens is 426 g/mol. The highest BCUT2D eigenvalue weighted by atomic mass is 79.9. The Balaban J connectivity index is 1.68. The molecule has 0 aliphatic rings. The van der Waals surface area contributed by atoms with Crippen LogP contribution >= 0.6 is 27.5 Å². The SMILES string of the molecule is Clc1nc(-c2ccccc2)nc(-c2ccc3c(c2)oc2cccc(Br)c23)n1. The third-order valence-electron chi connectivity index (χ3n) is 4.34. The fraction of sp³-hybridized carbons (Fsp3) is 0. The Morgan fingerprint density at radius 1 is 0.741 bits per heavy atom. The van der Waals surface area contributed by atoms with Crippen molar-refractivity contribution in [2.24, 2.45) is 0 Å². The monoisotopic (exact) mass is 435 g/mol. The van der Waals surface area contributed by atoms with Crippen molar-refractivity contribution in [2.45, 2.75) is 0 Å². The molecule has 0 saturated heterocycles. The highest BCUT2D eigenvalue weighted by Gasteiger charge is 2.13. The summed E-state index contributed by atoms with van der Waals surface area (Å²) < 4.78 is 7.01. The summed E-state index contributed by atoms with van der Waals surface area (Å²) in [5, 5.41) is 2.24. The third kappa shape index (κ3) is 2.89. The quantitative estimate of drug-likeness (QED) is 0.316. The number of nitrogens with zero attached hydrogens (tertiary/aromatic N) is 3. The molecule has 6 heteroatoms. The van der Waals surface area contributed by atoms with E-state index in [-0.39, 0.29) is 5.28 Å². The van der Waals surface area contributed by atoms with Crippen molar-refractivity contribution < 1.29 is 4.42 Å². The van der Waals surface area contributed by atoms with Gasteiger partial charge in [-0.2, -0.15) is 9.97 Å². The first-order chi connectivity index (χ1) is 13.2. The van der Waals surface area contributed by atoms with Crippen molar-refractivity contribution in [3.63, 3.8) is 0 Å². The Bertz CT molecular complexity index is 1300. The van der Waals surface area contributed by atoms with Crippen LogP contribution in [0.2, 0.25) is 5.28 Å². The smallest absolute Gasteiger partial charge is 0.226 e. The maximum atomic E-state index is 6.16. The van der Waals surface area contributed by atoms with Crippen LogP contribution in [0.4, 0.5) is 0 Å². The minimum atomic E-state index is 0.159. The van der Waals surface area contributed by atoms with E-state index >= 15 is 0 Å². The van der Waals surface area contributed by atoms with E-state index in [1.807, 2.05) is 66.7 Å². The van der Waals surface area contributed by atoms with Crippen molar-refractivity contribution in [3.8, 4) is 22.8 Å². The largest absolute Gasteiger partial charge is 0.456 e. The standard InChI is InChI=1S/C21H11BrClN3O/c22-15-7-4-8-16-18(15)14-10-9-13(11-17(14)27-16)20-24-19(25-21(23)26-20)12-5-2-1-3-6-12/h1-11H. The molecule has 0 fully saturated rings. The third-order valence-corrected chi connectivity index (χ3v) is 5.17. The molecule has 0 amide bonds. The number of rotatable bonds is 2. The average Bonchev–Trinajstić information content (AvgIpc) is 3.07. The van der Waals surface area contributed by atoms with Crippen molar-refractivity contribution in [1.29, 1.82) is 0 Å². The lowest BCUT2D eigenvalue weighted by Crippen LogP contribution is -1.97. The van der Waals surface area contributed by atoms with Gasteiger partial charge in [-0.15, -0.1) is 0 Å². The molecule has 0 spiro atoms. The lowest BCUT2D eigenvalue weighted by atomic mass is 10.1. The Kier molecular flexibility index (Phi) is 3.92. The van der Waals surface area contributed by atoms with Crippen LogP contribution in [0, 0.1) is 0 Å². The number of aromatic nitrogens is 3. The van der Waals surface area contributed by atoms with Crippen LogP contribution in [-0.2, 0) is 0 Å². The number of halogens is 2. The molecule has 130 valence electrons. The van der Waals surface area contributed by atoms with E-state index in [0.29, 0.717) is 11.6 Å². The Morgan fingerprint density at radius 2 is 1.52 bits per heavy atom. The molecule has 2 aromatic heterocycles. The van der Waals surface area contributed by atoms with Crippen LogP contribution in [0.5, 0.6) is 0 Å². The van der Waals surface area contributed by atoms with E-state index in [1.165, 1.54) is 0 Å². The zero-order valence-electron chi connectivity index (χ0n) is 13.9. The first kappa shape index (κ1) is 16.4. The van der Waals surface area contributed by atoms with Gasteiger partial charge in [-0.1, -0.05) is 58.4 Å². The van der Waals surface area contributed by atoms with E-state index in [1.54, 1.807) is 0 Å². The van der Waals surface area contributed by atoms with Crippen LogP contribution in [-0.4, -0.2) is 15.0 Å². The topological polar surface area (TPSA) is 51.8 Å². The van der Waals surface area contributed by atoms with E-state index in [0.717, 1.165) is 37.5 Å². The zero-order chi connectivity index (χ0) is 18.4. The van der Waals surface area contributed by atoms with E-state index < -0.39 is 0 Å². The molecule has 0 bridgehead atoms. The van der Waals surface area contributed by atoms with Gasteiger partial charge in [0.05, 0.1) is 0 Å². The molecular formula is C21H11BrClN3O. The Morgan fingerprint density at radius 3 is 2.33 bits per heavy atom. The molecule has 0 radical (unpaired) electrons. The maximum absolute atomic E-state index is 6.16. The second-order valence-corrected chi connectivity index (χ2v) is 7.24. The van der Waals surface area contributed by atoms with Gasteiger partial charge < -0.3 is 4.42 Å². The summed E-state index contributed by atoms with van der Waals surface area (Å²) in [4.78, 5) is 13.1. The van der Waals surface area contributed by atoms with Crippen molar-refractivity contribution in [2.75, 3.05) is 0 Å². The van der Waals surface area contributed by atoms with E-state index in [9.17, 15) is 0 Å². The first-order valence-corrected chi connectivity index (χ1v) is 9.44. The molecule has 0 aliphatic carbocycles. The molecule has 0 saturated carbocycles. The molecule has 4 nitrogen and oxygen atoms in total. The van der Waals surface area contributed by atoms with Crippen molar-refractivity contribution >= 4 is 49.5 Å². The summed E-state index contributed by atoms with van der Waals surface area (Å²) in [5.74, 6) is 1.05. The molecule has 5 aromatic rings. The summed E-state index contributed by atoms with van der Waals surface area (Å²) in [6.45, 7) is 0. The molecule has 3 aromatic carbocycles. The average molecular weight is 437 g/mol. The van der Waals surface area contributed by atoms with Gasteiger partial charge in [-0.25, -0.2) is 4.98 Å². The zero-order valence-corrected chi connectivity index (χ0v) is 16.2. The van der Waals surface area contributed by atoms with Gasteiger partial charge >= 0.3 is 0 Å².